The highest BCUT2D eigenvalue weighted by Gasteiger charge is 2.32. The number of benzene rings is 1. The summed E-state index contributed by atoms with van der Waals surface area (Å²) >= 11 is 0. The molecule has 3 saturated heterocycles. The number of carbonyl (C=O) groups is 1. The third kappa shape index (κ3) is 6.95. The van der Waals surface area contributed by atoms with Gasteiger partial charge in [0.15, 0.2) is 0 Å². The number of alkyl halides is 1. The van der Waals surface area contributed by atoms with Crippen molar-refractivity contribution in [3.8, 4) is 0 Å². The average molecular weight is 652 g/mol. The number of fused-ring (bicyclic) bond motifs is 1. The van der Waals surface area contributed by atoms with Crippen molar-refractivity contribution in [3.63, 3.8) is 0 Å². The van der Waals surface area contributed by atoms with Gasteiger partial charge in [-0.15, -0.1) is 0 Å². The zero-order chi connectivity index (χ0) is 32.4. The molecule has 3 atom stereocenters. The van der Waals surface area contributed by atoms with Crippen molar-refractivity contribution in [2.24, 2.45) is 5.92 Å². The van der Waals surface area contributed by atoms with Gasteiger partial charge in [0.25, 0.3) is 0 Å². The van der Waals surface area contributed by atoms with E-state index in [1.807, 2.05) is 22.1 Å². The van der Waals surface area contributed by atoms with Crippen LogP contribution in [-0.2, 0) is 19.4 Å². The van der Waals surface area contributed by atoms with Gasteiger partial charge >= 0.3 is 0 Å². The topological polar surface area (TPSA) is 121 Å². The Morgan fingerprint density at radius 2 is 1.85 bits per heavy atom. The van der Waals surface area contributed by atoms with Crippen LogP contribution in [0.15, 0.2) is 49.3 Å². The van der Waals surface area contributed by atoms with Crippen LogP contribution >= 0.6 is 0 Å². The Kier molecular flexibility index (Phi) is 9.42. The van der Waals surface area contributed by atoms with Crippen LogP contribution in [0, 0.1) is 5.92 Å². The van der Waals surface area contributed by atoms with Crippen molar-refractivity contribution in [2.45, 2.75) is 50.4 Å². The maximum absolute atomic E-state index is 14.6. The second-order valence-corrected chi connectivity index (χ2v) is 14.8. The van der Waals surface area contributed by atoms with Gasteiger partial charge in [-0.1, -0.05) is 12.6 Å². The first-order valence-electron chi connectivity index (χ1n) is 15.9. The standard InChI is InChI=1S/C33H42FN7O4S/c1-4-32(42)41-14-5-6-28(41)23-7-8-27(39-15-10-22(11-16-39)21-46(3,43)44)25-19-36-31(18-24(23)25)37-30-9-13-35-33(38-30)40-17-12-29(45-2)26(34)20-40/h4,7-9,13,18-19,22,26,28-29H,1,5-6,10-12,14-17,20-21H2,2-3H3,(H,35,36,37,38)/t26-,28-,29+/m0/s1. The molecule has 6 rings (SSSR count). The van der Waals surface area contributed by atoms with Gasteiger partial charge in [-0.3, -0.25) is 4.79 Å². The summed E-state index contributed by atoms with van der Waals surface area (Å²) < 4.78 is 43.6. The van der Waals surface area contributed by atoms with E-state index in [0.717, 1.165) is 60.8 Å². The van der Waals surface area contributed by atoms with Gasteiger partial charge in [-0.2, -0.15) is 4.98 Å². The Balaban J connectivity index is 1.31. The predicted octanol–water partition coefficient (Wildman–Crippen LogP) is 4.44. The summed E-state index contributed by atoms with van der Waals surface area (Å²) in [4.78, 5) is 32.6. The van der Waals surface area contributed by atoms with E-state index in [4.69, 9.17) is 9.72 Å². The summed E-state index contributed by atoms with van der Waals surface area (Å²) in [5, 5.41) is 5.28. The van der Waals surface area contributed by atoms with Gasteiger partial charge in [0.2, 0.25) is 11.9 Å². The van der Waals surface area contributed by atoms with Gasteiger partial charge in [0.1, 0.15) is 27.6 Å². The summed E-state index contributed by atoms with van der Waals surface area (Å²) in [5.74, 6) is 1.85. The Bertz CT molecular complexity index is 1700. The number of nitrogens with one attached hydrogen (secondary N) is 1. The van der Waals surface area contributed by atoms with Crippen molar-refractivity contribution in [1.82, 2.24) is 19.9 Å². The van der Waals surface area contributed by atoms with Gasteiger partial charge < -0.3 is 24.8 Å². The van der Waals surface area contributed by atoms with E-state index in [2.05, 4.69) is 38.9 Å². The van der Waals surface area contributed by atoms with Crippen LogP contribution in [0.4, 0.5) is 27.7 Å². The van der Waals surface area contributed by atoms with E-state index in [9.17, 15) is 17.6 Å². The summed E-state index contributed by atoms with van der Waals surface area (Å²) in [7, 11) is -1.49. The number of rotatable bonds is 9. The first kappa shape index (κ1) is 32.1. The number of nitrogens with zero attached hydrogens (tertiary/aromatic N) is 6. The lowest BCUT2D eigenvalue weighted by Gasteiger charge is -2.35. The molecule has 0 bridgehead atoms. The molecule has 1 aromatic carbocycles. The molecule has 46 heavy (non-hydrogen) atoms. The SMILES string of the molecule is C=CC(=O)N1CCC[C@H]1c1ccc(N2CCC(CS(C)(=O)=O)CC2)c2cnc(Nc3ccnc(N4CC[C@@H](OC)[C@@H](F)C4)n3)cc12. The van der Waals surface area contributed by atoms with E-state index >= 15 is 0 Å². The smallest absolute Gasteiger partial charge is 0.246 e. The van der Waals surface area contributed by atoms with Gasteiger partial charge in [-0.25, -0.2) is 22.8 Å². The molecular weight excluding hydrogens is 609 g/mol. The van der Waals surface area contributed by atoms with Crippen molar-refractivity contribution < 1.29 is 22.3 Å². The van der Waals surface area contributed by atoms with Gasteiger partial charge in [-0.05, 0) is 73.2 Å². The highest BCUT2D eigenvalue weighted by Crippen LogP contribution is 2.41. The molecule has 1 amide bonds. The number of hydrogen-bond donors (Lipinski definition) is 1. The molecule has 0 spiro atoms. The second-order valence-electron chi connectivity index (χ2n) is 12.6. The molecule has 11 nitrogen and oxygen atoms in total. The number of carbonyl (C=O) groups excluding carboxylic acids is 1. The maximum Gasteiger partial charge on any atom is 0.246 e. The number of pyridine rings is 1. The molecule has 0 unspecified atom stereocenters. The summed E-state index contributed by atoms with van der Waals surface area (Å²) in [6.45, 7) is 6.65. The minimum atomic E-state index is -3.02. The molecule has 2 aromatic heterocycles. The molecule has 0 aliphatic carbocycles. The number of sulfone groups is 1. The quantitative estimate of drug-likeness (QED) is 0.333. The van der Waals surface area contributed by atoms with E-state index in [-0.39, 0.29) is 30.2 Å². The Hall–Kier alpha value is -3.84. The fraction of sp³-hybridized carbons (Fsp3) is 0.515. The number of methoxy groups -OCH3 is 1. The highest BCUT2D eigenvalue weighted by molar-refractivity contribution is 7.90. The lowest BCUT2D eigenvalue weighted by Crippen LogP contribution is -2.46. The molecule has 1 N–H and O–H groups in total. The average Bonchev–Trinajstić information content (AvgIpc) is 3.53. The number of hydrogen-bond acceptors (Lipinski definition) is 10. The number of likely N-dealkylation sites (tertiary alicyclic amines) is 1. The Morgan fingerprint density at radius 3 is 2.57 bits per heavy atom. The normalized spacial score (nSPS) is 22.8. The number of amides is 1. The fourth-order valence-corrected chi connectivity index (χ4v) is 8.34. The second kappa shape index (κ2) is 13.5. The van der Waals surface area contributed by atoms with Crippen LogP contribution in [0.2, 0.25) is 0 Å². The molecule has 0 saturated carbocycles. The summed E-state index contributed by atoms with van der Waals surface area (Å²) in [5.41, 5.74) is 2.09. The van der Waals surface area contributed by atoms with Crippen molar-refractivity contribution in [1.29, 1.82) is 0 Å². The van der Waals surface area contributed by atoms with Crippen LogP contribution in [0.3, 0.4) is 0 Å². The largest absolute Gasteiger partial charge is 0.378 e. The minimum Gasteiger partial charge on any atom is -0.378 e. The van der Waals surface area contributed by atoms with Gasteiger partial charge in [0.05, 0.1) is 24.4 Å². The van der Waals surface area contributed by atoms with Crippen molar-refractivity contribution in [2.75, 3.05) is 67.0 Å². The third-order valence-electron chi connectivity index (χ3n) is 9.44. The van der Waals surface area contributed by atoms with E-state index < -0.39 is 22.1 Å². The fourth-order valence-electron chi connectivity index (χ4n) is 7.15. The summed E-state index contributed by atoms with van der Waals surface area (Å²) in [6, 6.07) is 7.89. The van der Waals surface area contributed by atoms with E-state index in [1.165, 1.54) is 19.4 Å². The van der Waals surface area contributed by atoms with Crippen molar-refractivity contribution in [3.05, 3.63) is 54.9 Å². The van der Waals surface area contributed by atoms with Crippen LogP contribution in [0.25, 0.3) is 10.8 Å². The molecule has 3 aliphatic rings. The maximum atomic E-state index is 14.6. The lowest BCUT2D eigenvalue weighted by molar-refractivity contribution is -0.126. The number of aromatic nitrogens is 3. The predicted molar refractivity (Wildman–Crippen MR) is 178 cm³/mol. The van der Waals surface area contributed by atoms with Crippen LogP contribution < -0.4 is 15.1 Å². The first-order chi connectivity index (χ1) is 22.1. The molecule has 3 aliphatic heterocycles. The first-order valence-corrected chi connectivity index (χ1v) is 18.0. The van der Waals surface area contributed by atoms with Crippen molar-refractivity contribution >= 4 is 49.8 Å². The number of halogens is 1. The van der Waals surface area contributed by atoms with E-state index in [1.54, 1.807) is 12.3 Å². The minimum absolute atomic E-state index is 0.0846. The van der Waals surface area contributed by atoms with Crippen LogP contribution in [0.5, 0.6) is 0 Å². The van der Waals surface area contributed by atoms with Crippen LogP contribution in [0.1, 0.15) is 43.7 Å². The summed E-state index contributed by atoms with van der Waals surface area (Å²) in [6.07, 6.45) is 8.55. The van der Waals surface area contributed by atoms with Gasteiger partial charge in [0, 0.05) is 63.0 Å². The molecular formula is C33H42FN7O4S. The molecule has 0 radical (unpaired) electrons. The molecule has 13 heteroatoms. The molecule has 246 valence electrons. The zero-order valence-corrected chi connectivity index (χ0v) is 27.3. The van der Waals surface area contributed by atoms with Crippen LogP contribution in [-0.4, -0.2) is 98.3 Å². The highest BCUT2D eigenvalue weighted by atomic mass is 32.2. The Labute approximate surface area is 269 Å². The number of anilines is 4. The lowest BCUT2D eigenvalue weighted by atomic mass is 9.94. The number of ether oxygens (including phenoxy) is 1. The third-order valence-corrected chi connectivity index (χ3v) is 10.5. The monoisotopic (exact) mass is 651 g/mol. The Morgan fingerprint density at radius 1 is 1.07 bits per heavy atom. The molecule has 3 fully saturated rings. The molecule has 5 heterocycles. The van der Waals surface area contributed by atoms with E-state index in [0.29, 0.717) is 37.1 Å². The molecule has 3 aromatic rings. The zero-order valence-electron chi connectivity index (χ0n) is 26.4. The number of piperidine rings is 2.